The standard InChI is InChI=1S/C20H24ClN3O3/c1-13-6-8-20(9-7-13)18(26)24(19(27)22-20)12-17(25)23-10-2-3-14-11-15(21)4-5-16(14)23/h4-5,11,13H,2-3,6-10,12H2,1H3,(H,22,27). The van der Waals surface area contributed by atoms with E-state index in [1.165, 1.54) is 0 Å². The predicted molar refractivity (Wildman–Crippen MR) is 103 cm³/mol. The lowest BCUT2D eigenvalue weighted by atomic mass is 9.77. The van der Waals surface area contributed by atoms with E-state index >= 15 is 0 Å². The number of hydrogen-bond acceptors (Lipinski definition) is 3. The van der Waals surface area contributed by atoms with E-state index < -0.39 is 11.6 Å². The van der Waals surface area contributed by atoms with Crippen molar-refractivity contribution in [3.8, 4) is 0 Å². The molecule has 1 N–H and O–H groups in total. The number of nitrogens with one attached hydrogen (secondary N) is 1. The zero-order valence-corrected chi connectivity index (χ0v) is 16.2. The normalized spacial score (nSPS) is 27.7. The van der Waals surface area contributed by atoms with Crippen LogP contribution in [0.3, 0.4) is 0 Å². The lowest BCUT2D eigenvalue weighted by molar-refractivity contribution is -0.135. The van der Waals surface area contributed by atoms with Crippen LogP contribution in [-0.4, -0.2) is 41.4 Å². The second-order valence-electron chi connectivity index (χ2n) is 8.01. The molecule has 0 unspecified atom stereocenters. The SMILES string of the molecule is CC1CCC2(CC1)NC(=O)N(CC(=O)N1CCCc3cc(Cl)ccc31)C2=O. The lowest BCUT2D eigenvalue weighted by Crippen LogP contribution is -2.50. The number of carbonyl (C=O) groups is 3. The summed E-state index contributed by atoms with van der Waals surface area (Å²) in [5.41, 5.74) is 1.04. The molecule has 7 heteroatoms. The molecule has 2 heterocycles. The van der Waals surface area contributed by atoms with Crippen LogP contribution in [0, 0.1) is 5.92 Å². The number of fused-ring (bicyclic) bond motifs is 1. The highest BCUT2D eigenvalue weighted by Gasteiger charge is 2.52. The van der Waals surface area contributed by atoms with Crippen LogP contribution in [-0.2, 0) is 16.0 Å². The van der Waals surface area contributed by atoms with E-state index in [4.69, 9.17) is 11.6 Å². The van der Waals surface area contributed by atoms with Crippen molar-refractivity contribution >= 4 is 35.1 Å². The molecule has 144 valence electrons. The fourth-order valence-electron chi connectivity index (χ4n) is 4.46. The average Bonchev–Trinajstić information content (AvgIpc) is 2.87. The molecule has 2 aliphatic heterocycles. The molecule has 1 saturated heterocycles. The molecule has 0 aromatic heterocycles. The number of rotatable bonds is 2. The Bertz CT molecular complexity index is 802. The van der Waals surface area contributed by atoms with Crippen molar-refractivity contribution in [3.05, 3.63) is 28.8 Å². The first-order valence-corrected chi connectivity index (χ1v) is 10.0. The Balaban J connectivity index is 1.51. The van der Waals surface area contributed by atoms with Gasteiger partial charge in [0.15, 0.2) is 0 Å². The van der Waals surface area contributed by atoms with Gasteiger partial charge in [-0.3, -0.25) is 14.5 Å². The van der Waals surface area contributed by atoms with Gasteiger partial charge >= 0.3 is 6.03 Å². The second-order valence-corrected chi connectivity index (χ2v) is 8.44. The molecular weight excluding hydrogens is 366 g/mol. The fraction of sp³-hybridized carbons (Fsp3) is 0.550. The fourth-order valence-corrected chi connectivity index (χ4v) is 4.65. The topological polar surface area (TPSA) is 69.7 Å². The van der Waals surface area contributed by atoms with E-state index in [0.29, 0.717) is 30.3 Å². The number of urea groups is 1. The Kier molecular flexibility index (Phi) is 4.62. The molecule has 4 amide bonds. The highest BCUT2D eigenvalue weighted by Crippen LogP contribution is 2.36. The number of nitrogens with zero attached hydrogens (tertiary/aromatic N) is 2. The van der Waals surface area contributed by atoms with Crippen molar-refractivity contribution in [2.24, 2.45) is 5.92 Å². The van der Waals surface area contributed by atoms with E-state index in [1.807, 2.05) is 12.1 Å². The third kappa shape index (κ3) is 3.20. The molecule has 0 bridgehead atoms. The summed E-state index contributed by atoms with van der Waals surface area (Å²) in [6.45, 7) is 2.53. The molecule has 4 rings (SSSR count). The second kappa shape index (κ2) is 6.82. The van der Waals surface area contributed by atoms with Gasteiger partial charge in [-0.05, 0) is 68.2 Å². The Labute approximate surface area is 163 Å². The van der Waals surface area contributed by atoms with Crippen molar-refractivity contribution in [1.82, 2.24) is 10.2 Å². The first kappa shape index (κ1) is 18.3. The molecule has 1 aromatic rings. The van der Waals surface area contributed by atoms with Crippen LogP contribution in [0.2, 0.25) is 5.02 Å². The Hall–Kier alpha value is -2.08. The number of benzene rings is 1. The van der Waals surface area contributed by atoms with Crippen molar-refractivity contribution in [3.63, 3.8) is 0 Å². The molecule has 1 aliphatic carbocycles. The van der Waals surface area contributed by atoms with E-state index in [-0.39, 0.29) is 18.4 Å². The van der Waals surface area contributed by atoms with Crippen molar-refractivity contribution in [2.45, 2.75) is 51.0 Å². The molecule has 6 nitrogen and oxygen atoms in total. The van der Waals surface area contributed by atoms with E-state index in [2.05, 4.69) is 12.2 Å². The van der Waals surface area contributed by atoms with Gasteiger partial charge < -0.3 is 10.2 Å². The summed E-state index contributed by atoms with van der Waals surface area (Å²) in [5.74, 6) is 0.0803. The van der Waals surface area contributed by atoms with Crippen LogP contribution in [0.25, 0.3) is 0 Å². The molecule has 2 fully saturated rings. The maximum Gasteiger partial charge on any atom is 0.325 e. The zero-order valence-electron chi connectivity index (χ0n) is 15.5. The number of anilines is 1. The smallest absolute Gasteiger partial charge is 0.323 e. The number of imide groups is 1. The third-order valence-electron chi connectivity index (χ3n) is 6.13. The average molecular weight is 390 g/mol. The number of aryl methyl sites for hydroxylation is 1. The van der Waals surface area contributed by atoms with Gasteiger partial charge in [0.25, 0.3) is 5.91 Å². The summed E-state index contributed by atoms with van der Waals surface area (Å²) in [7, 11) is 0. The Morgan fingerprint density at radius 3 is 2.78 bits per heavy atom. The van der Waals surface area contributed by atoms with Crippen LogP contribution >= 0.6 is 11.6 Å². The van der Waals surface area contributed by atoms with Crippen LogP contribution in [0.1, 0.15) is 44.6 Å². The Morgan fingerprint density at radius 2 is 2.04 bits per heavy atom. The molecule has 1 saturated carbocycles. The number of amides is 4. The van der Waals surface area contributed by atoms with Gasteiger partial charge in [-0.15, -0.1) is 0 Å². The van der Waals surface area contributed by atoms with Crippen molar-refractivity contribution in [2.75, 3.05) is 18.0 Å². The Morgan fingerprint density at radius 1 is 1.30 bits per heavy atom. The van der Waals surface area contributed by atoms with Gasteiger partial charge in [0, 0.05) is 17.3 Å². The summed E-state index contributed by atoms with van der Waals surface area (Å²) in [5, 5.41) is 3.52. The highest BCUT2D eigenvalue weighted by atomic mass is 35.5. The highest BCUT2D eigenvalue weighted by molar-refractivity contribution is 6.30. The first-order valence-electron chi connectivity index (χ1n) is 9.62. The minimum Gasteiger partial charge on any atom is -0.323 e. The molecular formula is C20H24ClN3O3. The lowest BCUT2D eigenvalue weighted by Gasteiger charge is -2.34. The predicted octanol–water partition coefficient (Wildman–Crippen LogP) is 3.12. The van der Waals surface area contributed by atoms with Crippen LogP contribution in [0.15, 0.2) is 18.2 Å². The summed E-state index contributed by atoms with van der Waals surface area (Å²) in [6, 6.07) is 5.03. The minimum absolute atomic E-state index is 0.218. The van der Waals surface area contributed by atoms with Gasteiger partial charge in [0.2, 0.25) is 5.91 Å². The summed E-state index contributed by atoms with van der Waals surface area (Å²) in [4.78, 5) is 41.1. The summed E-state index contributed by atoms with van der Waals surface area (Å²) < 4.78 is 0. The molecule has 1 spiro atoms. The maximum absolute atomic E-state index is 13.0. The molecule has 3 aliphatic rings. The van der Waals surface area contributed by atoms with E-state index in [1.54, 1.807) is 11.0 Å². The van der Waals surface area contributed by atoms with Gasteiger partial charge in [-0.1, -0.05) is 18.5 Å². The van der Waals surface area contributed by atoms with E-state index in [0.717, 1.165) is 41.8 Å². The quantitative estimate of drug-likeness (QED) is 0.790. The number of hydrogen-bond donors (Lipinski definition) is 1. The van der Waals surface area contributed by atoms with Crippen molar-refractivity contribution < 1.29 is 14.4 Å². The van der Waals surface area contributed by atoms with Crippen LogP contribution < -0.4 is 10.2 Å². The van der Waals surface area contributed by atoms with Crippen LogP contribution in [0.4, 0.5) is 10.5 Å². The third-order valence-corrected chi connectivity index (χ3v) is 6.36. The number of carbonyl (C=O) groups excluding carboxylic acids is 3. The minimum atomic E-state index is -0.808. The monoisotopic (exact) mass is 389 g/mol. The van der Waals surface area contributed by atoms with Gasteiger partial charge in [0.1, 0.15) is 12.1 Å². The molecule has 0 radical (unpaired) electrons. The van der Waals surface area contributed by atoms with Gasteiger partial charge in [-0.2, -0.15) is 0 Å². The zero-order chi connectivity index (χ0) is 19.2. The maximum atomic E-state index is 13.0. The van der Waals surface area contributed by atoms with Gasteiger partial charge in [-0.25, -0.2) is 4.79 Å². The van der Waals surface area contributed by atoms with Gasteiger partial charge in [0.05, 0.1) is 0 Å². The van der Waals surface area contributed by atoms with Crippen LogP contribution in [0.5, 0.6) is 0 Å². The summed E-state index contributed by atoms with van der Waals surface area (Å²) >= 11 is 6.06. The first-order chi connectivity index (χ1) is 12.9. The van der Waals surface area contributed by atoms with Crippen molar-refractivity contribution in [1.29, 1.82) is 0 Å². The number of halogens is 1. The summed E-state index contributed by atoms with van der Waals surface area (Å²) in [6.07, 6.45) is 4.82. The molecule has 1 aromatic carbocycles. The van der Waals surface area contributed by atoms with E-state index in [9.17, 15) is 14.4 Å². The largest absolute Gasteiger partial charge is 0.325 e. The molecule has 27 heavy (non-hydrogen) atoms. The molecule has 0 atom stereocenters.